The standard InChI is InChI=1S/C65H48N6/c1-41-25-30-52(43(3)35-41)49-27-32-59-54(37-49)55-38-50(53-31-26-42(2)36-44(53)4)28-33-60(55)71(59)61-34-29-51(58-40-57(45-17-9-5-10-18-45)66-62(67-58)46-19-11-6-12-20-46)39-56(61)65-69-63(47-21-13-7-14-22-47)68-64(70-65)48-23-15-8-16-24-48/h5-40H,1-4H3. The van der Waals surface area contributed by atoms with Crippen LogP contribution in [-0.2, 0) is 0 Å². The fraction of sp³-hybridized carbons (Fsp3) is 0.0615. The fourth-order valence-corrected chi connectivity index (χ4v) is 9.96. The van der Waals surface area contributed by atoms with Crippen LogP contribution in [0.3, 0.4) is 0 Å². The molecule has 6 heteroatoms. The van der Waals surface area contributed by atoms with E-state index in [9.17, 15) is 0 Å². The van der Waals surface area contributed by atoms with Crippen molar-refractivity contribution in [1.82, 2.24) is 29.5 Å². The summed E-state index contributed by atoms with van der Waals surface area (Å²) in [6, 6.07) is 76.7. The van der Waals surface area contributed by atoms with E-state index in [1.807, 2.05) is 72.8 Å². The number of aromatic nitrogens is 6. The minimum Gasteiger partial charge on any atom is -0.308 e. The zero-order valence-corrected chi connectivity index (χ0v) is 40.0. The molecule has 0 amide bonds. The number of hydrogen-bond donors (Lipinski definition) is 0. The van der Waals surface area contributed by atoms with Crippen LogP contribution in [0.4, 0.5) is 0 Å². The molecule has 9 aromatic carbocycles. The lowest BCUT2D eigenvalue weighted by Gasteiger charge is -2.17. The maximum absolute atomic E-state index is 5.37. The van der Waals surface area contributed by atoms with Crippen LogP contribution >= 0.6 is 0 Å². The lowest BCUT2D eigenvalue weighted by molar-refractivity contribution is 1.06. The van der Waals surface area contributed by atoms with E-state index in [4.69, 9.17) is 24.9 Å². The van der Waals surface area contributed by atoms with E-state index in [-0.39, 0.29) is 0 Å². The Hall–Kier alpha value is -9.13. The van der Waals surface area contributed by atoms with Crippen LogP contribution in [0.15, 0.2) is 218 Å². The Kier molecular flexibility index (Phi) is 11.0. The maximum atomic E-state index is 5.37. The normalized spacial score (nSPS) is 11.4. The van der Waals surface area contributed by atoms with Crippen LogP contribution in [-0.4, -0.2) is 29.5 Å². The van der Waals surface area contributed by atoms with Crippen LogP contribution < -0.4 is 0 Å². The molecule has 0 radical (unpaired) electrons. The molecule has 3 aromatic heterocycles. The fourth-order valence-electron chi connectivity index (χ4n) is 9.96. The predicted molar refractivity (Wildman–Crippen MR) is 292 cm³/mol. The van der Waals surface area contributed by atoms with Gasteiger partial charge in [0.2, 0.25) is 0 Å². The van der Waals surface area contributed by atoms with Gasteiger partial charge in [-0.15, -0.1) is 0 Å². The quantitative estimate of drug-likeness (QED) is 0.144. The average molecular weight is 913 g/mol. The number of benzene rings is 9. The Labute approximate surface area is 413 Å². The van der Waals surface area contributed by atoms with Gasteiger partial charge >= 0.3 is 0 Å². The second-order valence-electron chi connectivity index (χ2n) is 18.4. The molecule has 0 aliphatic rings. The smallest absolute Gasteiger partial charge is 0.166 e. The summed E-state index contributed by atoms with van der Waals surface area (Å²) >= 11 is 0. The third kappa shape index (κ3) is 8.25. The Morgan fingerprint density at radius 2 is 0.690 bits per heavy atom. The van der Waals surface area contributed by atoms with E-state index >= 15 is 0 Å². The van der Waals surface area contributed by atoms with Crippen molar-refractivity contribution < 1.29 is 0 Å². The molecule has 0 aliphatic carbocycles. The van der Waals surface area contributed by atoms with Gasteiger partial charge in [0.05, 0.1) is 28.1 Å². The Morgan fingerprint density at radius 1 is 0.282 bits per heavy atom. The van der Waals surface area contributed by atoms with Crippen molar-refractivity contribution >= 4 is 21.8 Å². The van der Waals surface area contributed by atoms with Crippen LogP contribution in [0.2, 0.25) is 0 Å². The number of fused-ring (bicyclic) bond motifs is 3. The second-order valence-corrected chi connectivity index (χ2v) is 18.4. The third-order valence-electron chi connectivity index (χ3n) is 13.5. The number of rotatable bonds is 9. The van der Waals surface area contributed by atoms with E-state index in [0.29, 0.717) is 23.3 Å². The topological polar surface area (TPSA) is 69.4 Å². The SMILES string of the molecule is Cc1ccc(-c2ccc3c(c2)c2cc(-c4ccc(C)cc4C)ccc2n3-c2ccc(-c3cc(-c4ccccc4)nc(-c4ccccc4)n3)cc2-c2nc(-c3ccccc3)nc(-c3ccccc3)n2)c(C)c1. The molecular formula is C65H48N6. The maximum Gasteiger partial charge on any atom is 0.166 e. The number of aryl methyl sites for hydroxylation is 4. The summed E-state index contributed by atoms with van der Waals surface area (Å²) in [5.41, 5.74) is 19.9. The molecule has 0 fully saturated rings. The highest BCUT2D eigenvalue weighted by Crippen LogP contribution is 2.42. The third-order valence-corrected chi connectivity index (χ3v) is 13.5. The molecule has 0 atom stereocenters. The first-order chi connectivity index (χ1) is 34.8. The van der Waals surface area contributed by atoms with E-state index in [1.54, 1.807) is 0 Å². The lowest BCUT2D eigenvalue weighted by atomic mass is 9.95. The highest BCUT2D eigenvalue weighted by atomic mass is 15.1. The molecule has 0 N–H and O–H groups in total. The zero-order chi connectivity index (χ0) is 48.0. The zero-order valence-electron chi connectivity index (χ0n) is 40.0. The van der Waals surface area contributed by atoms with Crippen molar-refractivity contribution in [3.63, 3.8) is 0 Å². The van der Waals surface area contributed by atoms with Crippen LogP contribution in [0.5, 0.6) is 0 Å². The molecule has 0 spiro atoms. The Bertz CT molecular complexity index is 3730. The van der Waals surface area contributed by atoms with Gasteiger partial charge in [-0.1, -0.05) is 187 Å². The first-order valence-corrected chi connectivity index (χ1v) is 24.1. The first-order valence-electron chi connectivity index (χ1n) is 24.1. The second kappa shape index (κ2) is 18.1. The van der Waals surface area contributed by atoms with Gasteiger partial charge in [-0.25, -0.2) is 24.9 Å². The monoisotopic (exact) mass is 912 g/mol. The molecule has 0 aliphatic heterocycles. The lowest BCUT2D eigenvalue weighted by Crippen LogP contribution is -2.04. The summed E-state index contributed by atoms with van der Waals surface area (Å²) < 4.78 is 2.39. The average Bonchev–Trinajstić information content (AvgIpc) is 3.74. The minimum atomic E-state index is 0.545. The van der Waals surface area contributed by atoms with Crippen LogP contribution in [0.1, 0.15) is 22.3 Å². The predicted octanol–water partition coefficient (Wildman–Crippen LogP) is 16.3. The summed E-state index contributed by atoms with van der Waals surface area (Å²) in [5.74, 6) is 2.36. The number of nitrogens with zero attached hydrogens (tertiary/aromatic N) is 6. The van der Waals surface area contributed by atoms with E-state index < -0.39 is 0 Å². The highest BCUT2D eigenvalue weighted by Gasteiger charge is 2.23. The molecule has 0 unspecified atom stereocenters. The van der Waals surface area contributed by atoms with Crippen molar-refractivity contribution in [3.05, 3.63) is 241 Å². The molecule has 0 saturated carbocycles. The van der Waals surface area contributed by atoms with Gasteiger partial charge in [0.15, 0.2) is 23.3 Å². The van der Waals surface area contributed by atoms with Gasteiger partial charge in [0.25, 0.3) is 0 Å². The van der Waals surface area contributed by atoms with E-state index in [1.165, 1.54) is 44.5 Å². The van der Waals surface area contributed by atoms with Crippen molar-refractivity contribution in [3.8, 4) is 96.0 Å². The van der Waals surface area contributed by atoms with Crippen molar-refractivity contribution in [2.45, 2.75) is 27.7 Å². The molecular weight excluding hydrogens is 865 g/mol. The molecule has 12 rings (SSSR count). The van der Waals surface area contributed by atoms with Crippen LogP contribution in [0.25, 0.3) is 118 Å². The van der Waals surface area contributed by atoms with Crippen molar-refractivity contribution in [2.75, 3.05) is 0 Å². The van der Waals surface area contributed by atoms with Gasteiger partial charge in [-0.2, -0.15) is 0 Å². The van der Waals surface area contributed by atoms with Gasteiger partial charge < -0.3 is 4.57 Å². The molecule has 0 bridgehead atoms. The summed E-state index contributed by atoms with van der Waals surface area (Å²) in [7, 11) is 0. The van der Waals surface area contributed by atoms with Gasteiger partial charge in [0.1, 0.15) is 0 Å². The Balaban J connectivity index is 1.15. The first kappa shape index (κ1) is 43.2. The molecule has 0 saturated heterocycles. The van der Waals surface area contributed by atoms with E-state index in [2.05, 4.69) is 178 Å². The van der Waals surface area contributed by atoms with Gasteiger partial charge in [-0.05, 0) is 104 Å². The molecule has 12 aromatic rings. The molecule has 338 valence electrons. The summed E-state index contributed by atoms with van der Waals surface area (Å²) in [5, 5.41) is 2.31. The number of hydrogen-bond acceptors (Lipinski definition) is 5. The van der Waals surface area contributed by atoms with Crippen LogP contribution in [0, 0.1) is 27.7 Å². The van der Waals surface area contributed by atoms with Gasteiger partial charge in [-0.3, -0.25) is 0 Å². The molecule has 3 heterocycles. The van der Waals surface area contributed by atoms with Gasteiger partial charge in [0, 0.05) is 44.2 Å². The minimum absolute atomic E-state index is 0.545. The summed E-state index contributed by atoms with van der Waals surface area (Å²) in [6.07, 6.45) is 0. The molecule has 71 heavy (non-hydrogen) atoms. The van der Waals surface area contributed by atoms with Crippen molar-refractivity contribution in [1.29, 1.82) is 0 Å². The summed E-state index contributed by atoms with van der Waals surface area (Å²) in [6.45, 7) is 8.71. The summed E-state index contributed by atoms with van der Waals surface area (Å²) in [4.78, 5) is 26.3. The Morgan fingerprint density at radius 3 is 1.15 bits per heavy atom. The highest BCUT2D eigenvalue weighted by molar-refractivity contribution is 6.12. The largest absolute Gasteiger partial charge is 0.308 e. The molecule has 6 nitrogen and oxygen atoms in total. The van der Waals surface area contributed by atoms with Crippen molar-refractivity contribution in [2.24, 2.45) is 0 Å². The van der Waals surface area contributed by atoms with E-state index in [0.717, 1.165) is 72.3 Å².